The van der Waals surface area contributed by atoms with E-state index in [1.165, 1.54) is 0 Å². The highest BCUT2D eigenvalue weighted by atomic mass is 32.1. The zero-order chi connectivity index (χ0) is 21.1. The molecule has 0 radical (unpaired) electrons. The maximum atomic E-state index is 12.9. The molecule has 2 atom stereocenters. The Morgan fingerprint density at radius 2 is 1.87 bits per heavy atom. The molecule has 7 nitrogen and oxygen atoms in total. The average Bonchev–Trinajstić information content (AvgIpc) is 3.41. The summed E-state index contributed by atoms with van der Waals surface area (Å²) in [6.07, 6.45) is -0.0810. The van der Waals surface area contributed by atoms with Crippen molar-refractivity contribution >= 4 is 23.2 Å². The van der Waals surface area contributed by atoms with Gasteiger partial charge in [-0.15, -0.1) is 11.3 Å². The molecule has 156 valence electrons. The molecule has 2 aromatic heterocycles. The van der Waals surface area contributed by atoms with Crippen molar-refractivity contribution in [3.63, 3.8) is 0 Å². The summed E-state index contributed by atoms with van der Waals surface area (Å²) < 4.78 is 12.6. The van der Waals surface area contributed by atoms with Crippen LogP contribution < -0.4 is 0 Å². The molecule has 0 spiro atoms. The van der Waals surface area contributed by atoms with Crippen molar-refractivity contribution in [3.05, 3.63) is 59.6 Å². The van der Waals surface area contributed by atoms with Crippen molar-refractivity contribution in [1.29, 1.82) is 0 Å². The van der Waals surface area contributed by atoms with Gasteiger partial charge < -0.3 is 14.4 Å². The Balaban J connectivity index is 1.52. The van der Waals surface area contributed by atoms with Gasteiger partial charge in [-0.05, 0) is 37.4 Å². The highest BCUT2D eigenvalue weighted by molar-refractivity contribution is 7.13. The van der Waals surface area contributed by atoms with Gasteiger partial charge in [-0.2, -0.15) is 5.10 Å². The van der Waals surface area contributed by atoms with Crippen LogP contribution in [0.1, 0.15) is 24.3 Å². The van der Waals surface area contributed by atoms with Crippen molar-refractivity contribution in [3.8, 4) is 16.3 Å². The third-order valence-corrected chi connectivity index (χ3v) is 5.68. The fourth-order valence-corrected chi connectivity index (χ4v) is 4.19. The minimum absolute atomic E-state index is 0.0405. The Bertz CT molecular complexity index is 1010. The normalized spacial score (nSPS) is 18.9. The van der Waals surface area contributed by atoms with Crippen molar-refractivity contribution in [1.82, 2.24) is 14.7 Å². The lowest BCUT2D eigenvalue weighted by Crippen LogP contribution is -2.49. The maximum Gasteiger partial charge on any atom is 0.357 e. The van der Waals surface area contributed by atoms with Crippen molar-refractivity contribution in [2.24, 2.45) is 0 Å². The van der Waals surface area contributed by atoms with E-state index in [0.29, 0.717) is 18.8 Å². The zero-order valence-electron chi connectivity index (χ0n) is 16.9. The fourth-order valence-electron chi connectivity index (χ4n) is 3.51. The highest BCUT2D eigenvalue weighted by Gasteiger charge is 2.27. The van der Waals surface area contributed by atoms with Gasteiger partial charge in [0.15, 0.2) is 12.3 Å². The van der Waals surface area contributed by atoms with E-state index in [1.807, 2.05) is 61.7 Å². The fraction of sp³-hybridized carbons (Fsp3) is 0.318. The van der Waals surface area contributed by atoms with Crippen LogP contribution in [-0.2, 0) is 14.3 Å². The Hall–Kier alpha value is -2.97. The first kappa shape index (κ1) is 20.3. The smallest absolute Gasteiger partial charge is 0.357 e. The lowest BCUT2D eigenvalue weighted by Gasteiger charge is -2.35. The molecule has 0 N–H and O–H groups in total. The van der Waals surface area contributed by atoms with E-state index < -0.39 is 5.97 Å². The summed E-state index contributed by atoms with van der Waals surface area (Å²) in [5, 5.41) is 6.55. The van der Waals surface area contributed by atoms with Crippen molar-refractivity contribution in [2.45, 2.75) is 26.1 Å². The van der Waals surface area contributed by atoms with Crippen LogP contribution in [0.25, 0.3) is 16.3 Å². The predicted molar refractivity (Wildman–Crippen MR) is 114 cm³/mol. The van der Waals surface area contributed by atoms with Crippen LogP contribution in [0.3, 0.4) is 0 Å². The summed E-state index contributed by atoms with van der Waals surface area (Å²) in [4.78, 5) is 28.0. The number of ether oxygens (including phenoxy) is 2. The van der Waals surface area contributed by atoms with Gasteiger partial charge in [0.1, 0.15) is 5.69 Å². The number of aromatic nitrogens is 2. The molecule has 4 rings (SSSR count). The van der Waals surface area contributed by atoms with Gasteiger partial charge in [0, 0.05) is 19.2 Å². The SMILES string of the molecule is C[C@H]1CN(C(=O)COC(=O)c2cc(-c3cccs3)nn2-c2ccccc2)C[C@H](C)O1. The molecule has 0 bridgehead atoms. The van der Waals surface area contributed by atoms with Crippen LogP contribution >= 0.6 is 11.3 Å². The van der Waals surface area contributed by atoms with E-state index in [2.05, 4.69) is 5.10 Å². The van der Waals surface area contributed by atoms with Crippen LogP contribution in [0.5, 0.6) is 0 Å². The molecule has 8 heteroatoms. The largest absolute Gasteiger partial charge is 0.451 e. The number of para-hydroxylation sites is 1. The average molecular weight is 426 g/mol. The van der Waals surface area contributed by atoms with Crippen molar-refractivity contribution < 1.29 is 19.1 Å². The molecule has 0 unspecified atom stereocenters. The molecule has 0 saturated carbocycles. The molecule has 3 heterocycles. The number of benzene rings is 1. The standard InChI is InChI=1S/C22H23N3O4S/c1-15-12-24(13-16(2)29-15)21(26)14-28-22(27)19-11-18(20-9-6-10-30-20)23-25(19)17-7-4-3-5-8-17/h3-11,15-16H,12-14H2,1-2H3/t15-,16-/m0/s1. The topological polar surface area (TPSA) is 73.7 Å². The molecule has 1 aliphatic rings. The number of carbonyl (C=O) groups excluding carboxylic acids is 2. The van der Waals surface area contributed by atoms with Gasteiger partial charge in [0.25, 0.3) is 5.91 Å². The van der Waals surface area contributed by atoms with Gasteiger partial charge in [-0.25, -0.2) is 9.48 Å². The number of esters is 1. The lowest BCUT2D eigenvalue weighted by molar-refractivity contribution is -0.146. The van der Waals surface area contributed by atoms with Crippen LogP contribution in [0.2, 0.25) is 0 Å². The van der Waals surface area contributed by atoms with E-state index in [-0.39, 0.29) is 30.4 Å². The molecule has 1 aliphatic heterocycles. The predicted octanol–water partition coefficient (Wildman–Crippen LogP) is 3.39. The first-order valence-corrected chi connectivity index (χ1v) is 10.7. The summed E-state index contributed by atoms with van der Waals surface area (Å²) in [5.41, 5.74) is 1.71. The quantitative estimate of drug-likeness (QED) is 0.586. The number of morpholine rings is 1. The molecule has 1 fully saturated rings. The molecule has 3 aromatic rings. The number of hydrogen-bond acceptors (Lipinski definition) is 6. The Labute approximate surface area is 178 Å². The van der Waals surface area contributed by atoms with Gasteiger partial charge in [-0.1, -0.05) is 24.3 Å². The number of amides is 1. The Kier molecular flexibility index (Phi) is 5.96. The van der Waals surface area contributed by atoms with E-state index in [4.69, 9.17) is 9.47 Å². The van der Waals surface area contributed by atoms with E-state index in [9.17, 15) is 9.59 Å². The number of carbonyl (C=O) groups is 2. The second kappa shape index (κ2) is 8.81. The second-order valence-electron chi connectivity index (χ2n) is 7.27. The lowest BCUT2D eigenvalue weighted by atomic mass is 10.2. The number of nitrogens with zero attached hydrogens (tertiary/aromatic N) is 3. The highest BCUT2D eigenvalue weighted by Crippen LogP contribution is 2.26. The Morgan fingerprint density at radius 3 is 2.53 bits per heavy atom. The molecular formula is C22H23N3O4S. The third-order valence-electron chi connectivity index (χ3n) is 4.79. The molecule has 30 heavy (non-hydrogen) atoms. The van der Waals surface area contributed by atoms with Crippen LogP contribution in [0.4, 0.5) is 0 Å². The first-order valence-electron chi connectivity index (χ1n) is 9.81. The number of hydrogen-bond donors (Lipinski definition) is 0. The minimum atomic E-state index is -0.586. The molecule has 1 saturated heterocycles. The Morgan fingerprint density at radius 1 is 1.13 bits per heavy atom. The molecule has 1 amide bonds. The first-order chi connectivity index (χ1) is 14.5. The van der Waals surface area contributed by atoms with Gasteiger partial charge >= 0.3 is 5.97 Å². The third kappa shape index (κ3) is 4.44. The summed E-state index contributed by atoms with van der Waals surface area (Å²) >= 11 is 1.54. The summed E-state index contributed by atoms with van der Waals surface area (Å²) in [6.45, 7) is 4.52. The van der Waals surface area contributed by atoms with Crippen LogP contribution in [0, 0.1) is 0 Å². The monoisotopic (exact) mass is 425 g/mol. The molecule has 0 aliphatic carbocycles. The van der Waals surface area contributed by atoms with E-state index in [1.54, 1.807) is 27.0 Å². The molecule has 1 aromatic carbocycles. The van der Waals surface area contributed by atoms with Crippen molar-refractivity contribution in [2.75, 3.05) is 19.7 Å². The van der Waals surface area contributed by atoms with Gasteiger partial charge in [0.05, 0.1) is 22.8 Å². The van der Waals surface area contributed by atoms with Crippen LogP contribution in [-0.4, -0.2) is 58.5 Å². The second-order valence-corrected chi connectivity index (χ2v) is 8.22. The summed E-state index contributed by atoms with van der Waals surface area (Å²) in [7, 11) is 0. The van der Waals surface area contributed by atoms with Crippen LogP contribution in [0.15, 0.2) is 53.9 Å². The van der Waals surface area contributed by atoms with E-state index in [0.717, 1.165) is 10.6 Å². The zero-order valence-corrected chi connectivity index (χ0v) is 17.7. The maximum absolute atomic E-state index is 12.9. The molecular weight excluding hydrogens is 402 g/mol. The van der Waals surface area contributed by atoms with Gasteiger partial charge in [0.2, 0.25) is 0 Å². The van der Waals surface area contributed by atoms with Gasteiger partial charge in [-0.3, -0.25) is 4.79 Å². The number of thiophene rings is 1. The summed E-state index contributed by atoms with van der Waals surface area (Å²) in [6, 6.07) is 15.0. The van der Waals surface area contributed by atoms with E-state index >= 15 is 0 Å². The minimum Gasteiger partial charge on any atom is -0.451 e. The summed E-state index contributed by atoms with van der Waals surface area (Å²) in [5.74, 6) is -0.813. The number of rotatable bonds is 5.